The third kappa shape index (κ3) is 2.75. The average Bonchev–Trinajstić information content (AvgIpc) is 3.07. The normalized spacial score (nSPS) is 13.9. The van der Waals surface area contributed by atoms with E-state index < -0.39 is 11.7 Å². The molecule has 3 aromatic rings. The van der Waals surface area contributed by atoms with Crippen LogP contribution < -0.4 is 15.4 Å². The summed E-state index contributed by atoms with van der Waals surface area (Å²) in [6.45, 7) is 0. The monoisotopic (exact) mass is 387 g/mol. The Morgan fingerprint density at radius 2 is 1.96 bits per heavy atom. The summed E-state index contributed by atoms with van der Waals surface area (Å²) in [7, 11) is 1.63. The van der Waals surface area contributed by atoms with Crippen molar-refractivity contribution in [3.63, 3.8) is 0 Å². The molecule has 1 aliphatic rings. The van der Waals surface area contributed by atoms with Crippen LogP contribution in [-0.2, 0) is 11.8 Å². The highest BCUT2D eigenvalue weighted by molar-refractivity contribution is 7.11. The molecule has 0 unspecified atom stereocenters. The maximum absolute atomic E-state index is 13.6. The number of carbonyl (C=O) groups is 1. The van der Waals surface area contributed by atoms with Crippen molar-refractivity contribution >= 4 is 40.1 Å². The maximum Gasteiger partial charge on any atom is 0.279 e. The average molecular weight is 388 g/mol. The van der Waals surface area contributed by atoms with Gasteiger partial charge in [0.25, 0.3) is 5.91 Å². The van der Waals surface area contributed by atoms with Crippen LogP contribution in [0.1, 0.15) is 4.88 Å². The molecule has 2 aromatic carbocycles. The molecule has 0 bridgehead atoms. The van der Waals surface area contributed by atoms with Crippen molar-refractivity contribution in [1.29, 1.82) is 0 Å². The lowest BCUT2D eigenvalue weighted by Crippen LogP contribution is -2.23. The van der Waals surface area contributed by atoms with Crippen molar-refractivity contribution in [2.24, 2.45) is 17.0 Å². The van der Waals surface area contributed by atoms with Gasteiger partial charge in [0, 0.05) is 17.3 Å². The van der Waals surface area contributed by atoms with Crippen LogP contribution in [-0.4, -0.2) is 15.6 Å². The van der Waals surface area contributed by atoms with Crippen LogP contribution in [0.4, 0.5) is 10.1 Å². The number of hydrogen-bond acceptors (Lipinski definition) is 4. The van der Waals surface area contributed by atoms with E-state index in [1.54, 1.807) is 31.3 Å². The van der Waals surface area contributed by atoms with Gasteiger partial charge in [0.2, 0.25) is 5.88 Å². The van der Waals surface area contributed by atoms with Gasteiger partial charge in [0.1, 0.15) is 10.7 Å². The van der Waals surface area contributed by atoms with E-state index in [1.165, 1.54) is 22.8 Å². The minimum Gasteiger partial charge on any atom is -0.493 e. The molecule has 0 saturated heterocycles. The first-order valence-corrected chi connectivity index (χ1v) is 8.76. The quantitative estimate of drug-likeness (QED) is 0.732. The number of fused-ring (bicyclic) bond motifs is 1. The molecule has 0 spiro atoms. The van der Waals surface area contributed by atoms with E-state index in [-0.39, 0.29) is 11.5 Å². The summed E-state index contributed by atoms with van der Waals surface area (Å²) < 4.78 is 15.1. The lowest BCUT2D eigenvalue weighted by Gasteiger charge is -1.98. The highest BCUT2D eigenvalue weighted by atomic mass is 35.5. The Kier molecular flexibility index (Phi) is 3.97. The fourth-order valence-corrected chi connectivity index (χ4v) is 3.85. The predicted octanol–water partition coefficient (Wildman–Crippen LogP) is 2.18. The Morgan fingerprint density at radius 3 is 2.69 bits per heavy atom. The minimum absolute atomic E-state index is 0.127. The summed E-state index contributed by atoms with van der Waals surface area (Å²) in [6, 6.07) is 10.8. The Bertz CT molecular complexity index is 1240. The zero-order valence-electron chi connectivity index (χ0n) is 13.4. The highest BCUT2D eigenvalue weighted by Crippen LogP contribution is 2.28. The van der Waals surface area contributed by atoms with E-state index >= 15 is 0 Å². The van der Waals surface area contributed by atoms with E-state index in [0.717, 1.165) is 11.3 Å². The third-order valence-electron chi connectivity index (χ3n) is 3.94. The van der Waals surface area contributed by atoms with E-state index in [4.69, 9.17) is 11.6 Å². The number of aromatic hydroxyl groups is 1. The van der Waals surface area contributed by atoms with Gasteiger partial charge < -0.3 is 5.11 Å². The predicted molar refractivity (Wildman–Crippen MR) is 96.3 cm³/mol. The molecular formula is C18H11ClFN3O2S. The Balaban J connectivity index is 1.95. The van der Waals surface area contributed by atoms with Gasteiger partial charge in [-0.05, 0) is 42.5 Å². The van der Waals surface area contributed by atoms with E-state index in [0.29, 0.717) is 31.0 Å². The number of nitrogens with zero attached hydrogens (tertiary/aromatic N) is 3. The fraction of sp³-hybridized carbons (Fsp3) is 0.0556. The van der Waals surface area contributed by atoms with Crippen LogP contribution in [0.15, 0.2) is 52.4 Å². The van der Waals surface area contributed by atoms with Crippen LogP contribution in [0.25, 0.3) is 5.57 Å². The molecule has 8 heteroatoms. The summed E-state index contributed by atoms with van der Waals surface area (Å²) in [6.07, 6.45) is 0. The maximum atomic E-state index is 13.6. The van der Waals surface area contributed by atoms with Crippen molar-refractivity contribution in [2.45, 2.75) is 0 Å². The topological polar surface area (TPSA) is 66.9 Å². The molecule has 5 nitrogen and oxygen atoms in total. The van der Waals surface area contributed by atoms with Gasteiger partial charge in [-0.25, -0.2) is 14.4 Å². The van der Waals surface area contributed by atoms with Crippen LogP contribution >= 0.6 is 22.9 Å². The zero-order chi connectivity index (χ0) is 18.4. The van der Waals surface area contributed by atoms with Crippen molar-refractivity contribution in [3.8, 4) is 5.88 Å². The Labute approximate surface area is 155 Å². The first-order chi connectivity index (χ1) is 12.4. The molecule has 1 aliphatic heterocycles. The van der Waals surface area contributed by atoms with Gasteiger partial charge in [0.05, 0.1) is 16.6 Å². The molecule has 1 amide bonds. The summed E-state index contributed by atoms with van der Waals surface area (Å²) in [5.74, 6) is -1.11. The molecule has 0 atom stereocenters. The Morgan fingerprint density at radius 1 is 1.23 bits per heavy atom. The molecular weight excluding hydrogens is 377 g/mol. The van der Waals surface area contributed by atoms with Crippen molar-refractivity contribution in [1.82, 2.24) is 4.57 Å². The number of rotatable bonds is 2. The molecule has 1 aromatic heterocycles. The number of thiazole rings is 1. The number of hydrogen-bond donors (Lipinski definition) is 1. The van der Waals surface area contributed by atoms with E-state index in [9.17, 15) is 14.3 Å². The number of halogens is 2. The number of carbonyl (C=O) groups excluding carboxylic acids is 1. The molecule has 0 saturated carbocycles. The first-order valence-electron chi connectivity index (χ1n) is 7.56. The first kappa shape index (κ1) is 16.7. The second-order valence-corrected chi connectivity index (χ2v) is 7.05. The summed E-state index contributed by atoms with van der Waals surface area (Å²) in [4.78, 5) is 21.5. The highest BCUT2D eigenvalue weighted by Gasteiger charge is 2.25. The molecule has 4 rings (SSSR count). The molecule has 0 aliphatic carbocycles. The summed E-state index contributed by atoms with van der Waals surface area (Å²) >= 11 is 7.00. The van der Waals surface area contributed by atoms with E-state index in [1.807, 2.05) is 0 Å². The summed E-state index contributed by atoms with van der Waals surface area (Å²) in [5.41, 5.74) is 0.826. The molecule has 130 valence electrons. The second-order valence-electron chi connectivity index (χ2n) is 5.64. The van der Waals surface area contributed by atoms with Gasteiger partial charge in [-0.3, -0.25) is 9.36 Å². The lowest BCUT2D eigenvalue weighted by atomic mass is 10.1. The van der Waals surface area contributed by atoms with Crippen LogP contribution in [0, 0.1) is 5.82 Å². The van der Waals surface area contributed by atoms with Gasteiger partial charge in [-0.15, -0.1) is 0 Å². The second kappa shape index (κ2) is 6.19. The number of amides is 1. The van der Waals surface area contributed by atoms with Crippen molar-refractivity contribution in [3.05, 3.63) is 73.6 Å². The third-order valence-corrected chi connectivity index (χ3v) is 5.33. The van der Waals surface area contributed by atoms with Gasteiger partial charge in [-0.2, -0.15) is 0 Å². The van der Waals surface area contributed by atoms with Crippen molar-refractivity contribution < 1.29 is 14.3 Å². The zero-order valence-corrected chi connectivity index (χ0v) is 15.0. The standard InChI is InChI=1S/C18H11ClFN3O2S/c1-23-17(25)15(26-18(23)21-11-5-2-9(19)3-6-11)14-12-8-10(20)4-7-13(12)22-16(14)24/h2-8,25H,1H3. The van der Waals surface area contributed by atoms with E-state index in [2.05, 4.69) is 9.98 Å². The smallest absolute Gasteiger partial charge is 0.279 e. The van der Waals surface area contributed by atoms with Gasteiger partial charge in [-0.1, -0.05) is 22.9 Å². The largest absolute Gasteiger partial charge is 0.493 e. The molecule has 26 heavy (non-hydrogen) atoms. The van der Waals surface area contributed by atoms with Crippen LogP contribution in [0.3, 0.4) is 0 Å². The Hall–Kier alpha value is -2.77. The number of benzene rings is 2. The minimum atomic E-state index is -0.513. The van der Waals surface area contributed by atoms with Crippen LogP contribution in [0.2, 0.25) is 5.02 Å². The fourth-order valence-electron chi connectivity index (χ4n) is 2.64. The molecule has 0 fully saturated rings. The molecule has 0 radical (unpaired) electrons. The number of aromatic nitrogens is 1. The molecule has 1 N–H and O–H groups in total. The molecule has 2 heterocycles. The van der Waals surface area contributed by atoms with Crippen LogP contribution in [0.5, 0.6) is 5.88 Å². The SMILES string of the molecule is Cn1c(O)c(C2=c3cc(F)ccc3=NC2=O)sc1=Nc1ccc(Cl)cc1. The van der Waals surface area contributed by atoms with Gasteiger partial charge in [0.15, 0.2) is 4.80 Å². The van der Waals surface area contributed by atoms with Gasteiger partial charge >= 0.3 is 0 Å². The summed E-state index contributed by atoms with van der Waals surface area (Å²) in [5, 5.41) is 11.8. The lowest BCUT2D eigenvalue weighted by molar-refractivity contribution is -0.112. The van der Waals surface area contributed by atoms with Crippen molar-refractivity contribution in [2.75, 3.05) is 0 Å².